The SMILES string of the molecule is CC(C)(N)C(=O)N1CCC(NS(=O)(=O)c2ccccc2)CC1. The van der Waals surface area contributed by atoms with E-state index in [1.165, 1.54) is 0 Å². The van der Waals surface area contributed by atoms with E-state index < -0.39 is 15.6 Å². The van der Waals surface area contributed by atoms with Gasteiger partial charge in [-0.15, -0.1) is 0 Å². The van der Waals surface area contributed by atoms with Gasteiger partial charge in [0.15, 0.2) is 0 Å². The zero-order chi connectivity index (χ0) is 16.4. The second-order valence-electron chi connectivity index (χ2n) is 6.22. The molecule has 1 aliphatic rings. The molecule has 2 rings (SSSR count). The largest absolute Gasteiger partial charge is 0.341 e. The van der Waals surface area contributed by atoms with Crippen LogP contribution in [0.15, 0.2) is 35.2 Å². The first-order valence-electron chi connectivity index (χ1n) is 7.36. The summed E-state index contributed by atoms with van der Waals surface area (Å²) in [5.74, 6) is -0.100. The molecule has 1 heterocycles. The number of nitrogens with zero attached hydrogens (tertiary/aromatic N) is 1. The van der Waals surface area contributed by atoms with E-state index in [1.807, 2.05) is 0 Å². The van der Waals surface area contributed by atoms with Crippen molar-refractivity contribution < 1.29 is 13.2 Å². The molecule has 0 spiro atoms. The van der Waals surface area contributed by atoms with E-state index in [9.17, 15) is 13.2 Å². The number of nitrogens with two attached hydrogens (primary N) is 1. The van der Waals surface area contributed by atoms with Crippen LogP contribution < -0.4 is 10.5 Å². The standard InChI is InChI=1S/C15H23N3O3S/c1-15(2,16)14(19)18-10-8-12(9-11-18)17-22(20,21)13-6-4-3-5-7-13/h3-7,12,17H,8-11,16H2,1-2H3. The van der Waals surface area contributed by atoms with Crippen molar-refractivity contribution in [2.45, 2.75) is 43.2 Å². The van der Waals surface area contributed by atoms with Gasteiger partial charge in [-0.1, -0.05) is 18.2 Å². The highest BCUT2D eigenvalue weighted by molar-refractivity contribution is 7.89. The van der Waals surface area contributed by atoms with Gasteiger partial charge in [0.2, 0.25) is 15.9 Å². The molecular weight excluding hydrogens is 302 g/mol. The molecule has 1 aliphatic heterocycles. The van der Waals surface area contributed by atoms with Crippen molar-refractivity contribution in [3.63, 3.8) is 0 Å². The van der Waals surface area contributed by atoms with Crippen LogP contribution in [0.2, 0.25) is 0 Å². The lowest BCUT2D eigenvalue weighted by molar-refractivity contribution is -0.136. The number of benzene rings is 1. The van der Waals surface area contributed by atoms with Gasteiger partial charge in [0.05, 0.1) is 10.4 Å². The van der Waals surface area contributed by atoms with Crippen LogP contribution in [0.4, 0.5) is 0 Å². The van der Waals surface area contributed by atoms with E-state index in [2.05, 4.69) is 4.72 Å². The van der Waals surface area contributed by atoms with Gasteiger partial charge in [0.1, 0.15) is 0 Å². The third-order valence-electron chi connectivity index (χ3n) is 3.71. The van der Waals surface area contributed by atoms with Gasteiger partial charge in [-0.2, -0.15) is 0 Å². The van der Waals surface area contributed by atoms with Crippen LogP contribution in [0.25, 0.3) is 0 Å². The van der Waals surface area contributed by atoms with E-state index in [4.69, 9.17) is 5.73 Å². The molecule has 1 aromatic carbocycles. The molecule has 0 radical (unpaired) electrons. The number of nitrogens with one attached hydrogen (secondary N) is 1. The smallest absolute Gasteiger partial charge is 0.242 e. The zero-order valence-corrected chi connectivity index (χ0v) is 13.8. The van der Waals surface area contributed by atoms with Gasteiger partial charge in [0.25, 0.3) is 0 Å². The van der Waals surface area contributed by atoms with Gasteiger partial charge >= 0.3 is 0 Å². The zero-order valence-electron chi connectivity index (χ0n) is 13.0. The molecule has 1 amide bonds. The Kier molecular flexibility index (Phi) is 4.89. The molecule has 7 heteroatoms. The molecular formula is C15H23N3O3S. The first-order chi connectivity index (χ1) is 10.2. The molecule has 1 saturated heterocycles. The molecule has 3 N–H and O–H groups in total. The van der Waals surface area contributed by atoms with Crippen molar-refractivity contribution in [2.75, 3.05) is 13.1 Å². The first kappa shape index (κ1) is 16.9. The number of hydrogen-bond donors (Lipinski definition) is 2. The quantitative estimate of drug-likeness (QED) is 0.852. The molecule has 0 atom stereocenters. The minimum atomic E-state index is -3.50. The van der Waals surface area contributed by atoms with E-state index in [-0.39, 0.29) is 16.8 Å². The maximum absolute atomic E-state index is 12.3. The Hall–Kier alpha value is -1.44. The van der Waals surface area contributed by atoms with Gasteiger partial charge < -0.3 is 10.6 Å². The highest BCUT2D eigenvalue weighted by Crippen LogP contribution is 2.17. The summed E-state index contributed by atoms with van der Waals surface area (Å²) in [4.78, 5) is 14.1. The summed E-state index contributed by atoms with van der Waals surface area (Å²) in [6.07, 6.45) is 1.18. The molecule has 0 unspecified atom stereocenters. The molecule has 6 nitrogen and oxygen atoms in total. The van der Waals surface area contributed by atoms with Gasteiger partial charge in [0, 0.05) is 19.1 Å². The minimum Gasteiger partial charge on any atom is -0.341 e. The van der Waals surface area contributed by atoms with Crippen molar-refractivity contribution in [1.82, 2.24) is 9.62 Å². The molecule has 122 valence electrons. The number of carbonyl (C=O) groups excluding carboxylic acids is 1. The molecule has 0 aliphatic carbocycles. The molecule has 0 bridgehead atoms. The fourth-order valence-corrected chi connectivity index (χ4v) is 3.82. The summed E-state index contributed by atoms with van der Waals surface area (Å²) < 4.78 is 27.2. The number of rotatable bonds is 4. The second kappa shape index (κ2) is 6.36. The highest BCUT2D eigenvalue weighted by atomic mass is 32.2. The van der Waals surface area contributed by atoms with Crippen molar-refractivity contribution in [1.29, 1.82) is 0 Å². The number of amides is 1. The number of sulfonamides is 1. The Morgan fingerprint density at radius 2 is 1.77 bits per heavy atom. The van der Waals surface area contributed by atoms with Crippen molar-refractivity contribution in [2.24, 2.45) is 5.73 Å². The van der Waals surface area contributed by atoms with Crippen molar-refractivity contribution >= 4 is 15.9 Å². The summed E-state index contributed by atoms with van der Waals surface area (Å²) in [5, 5.41) is 0. The summed E-state index contributed by atoms with van der Waals surface area (Å²) in [7, 11) is -3.50. The van der Waals surface area contributed by atoms with E-state index in [1.54, 1.807) is 49.1 Å². The lowest BCUT2D eigenvalue weighted by Gasteiger charge is -2.35. The summed E-state index contributed by atoms with van der Waals surface area (Å²) >= 11 is 0. The Bertz CT molecular complexity index is 615. The highest BCUT2D eigenvalue weighted by Gasteiger charge is 2.32. The van der Waals surface area contributed by atoms with Crippen LogP contribution in [0.5, 0.6) is 0 Å². The second-order valence-corrected chi connectivity index (χ2v) is 7.94. The molecule has 22 heavy (non-hydrogen) atoms. The third kappa shape index (κ3) is 4.06. The lowest BCUT2D eigenvalue weighted by Crippen LogP contribution is -2.55. The van der Waals surface area contributed by atoms with Crippen LogP contribution >= 0.6 is 0 Å². The van der Waals surface area contributed by atoms with Gasteiger partial charge in [-0.25, -0.2) is 13.1 Å². The maximum Gasteiger partial charge on any atom is 0.242 e. The van der Waals surface area contributed by atoms with E-state index >= 15 is 0 Å². The summed E-state index contributed by atoms with van der Waals surface area (Å²) in [6, 6.07) is 8.14. The third-order valence-corrected chi connectivity index (χ3v) is 5.25. The molecule has 1 fully saturated rings. The summed E-state index contributed by atoms with van der Waals surface area (Å²) in [6.45, 7) is 4.39. The maximum atomic E-state index is 12.3. The van der Waals surface area contributed by atoms with E-state index in [0.717, 1.165) is 0 Å². The topological polar surface area (TPSA) is 92.5 Å². The number of piperidine rings is 1. The number of likely N-dealkylation sites (tertiary alicyclic amines) is 1. The Morgan fingerprint density at radius 3 is 2.27 bits per heavy atom. The van der Waals surface area contributed by atoms with E-state index in [0.29, 0.717) is 25.9 Å². The van der Waals surface area contributed by atoms with Crippen LogP contribution in [-0.4, -0.2) is 43.9 Å². The number of hydrogen-bond acceptors (Lipinski definition) is 4. The summed E-state index contributed by atoms with van der Waals surface area (Å²) in [5.41, 5.74) is 4.93. The fraction of sp³-hybridized carbons (Fsp3) is 0.533. The van der Waals surface area contributed by atoms with Crippen LogP contribution in [0.3, 0.4) is 0 Å². The average Bonchev–Trinajstić information content (AvgIpc) is 2.47. The lowest BCUT2D eigenvalue weighted by atomic mass is 10.0. The van der Waals surface area contributed by atoms with Gasteiger partial charge in [-0.3, -0.25) is 4.79 Å². The van der Waals surface area contributed by atoms with Crippen LogP contribution in [0.1, 0.15) is 26.7 Å². The van der Waals surface area contributed by atoms with Gasteiger partial charge in [-0.05, 0) is 38.8 Å². The average molecular weight is 325 g/mol. The monoisotopic (exact) mass is 325 g/mol. The minimum absolute atomic E-state index is 0.100. The van der Waals surface area contributed by atoms with Crippen molar-refractivity contribution in [3.8, 4) is 0 Å². The van der Waals surface area contributed by atoms with Crippen LogP contribution in [-0.2, 0) is 14.8 Å². The molecule has 1 aromatic rings. The fourth-order valence-electron chi connectivity index (χ4n) is 2.50. The van der Waals surface area contributed by atoms with Crippen LogP contribution in [0, 0.1) is 0 Å². The normalized spacial score (nSPS) is 17.5. The first-order valence-corrected chi connectivity index (χ1v) is 8.84. The Balaban J connectivity index is 1.95. The Labute approximate surface area is 131 Å². The Morgan fingerprint density at radius 1 is 1.23 bits per heavy atom. The molecule has 0 aromatic heterocycles. The predicted octanol–water partition coefficient (Wildman–Crippen LogP) is 0.693. The van der Waals surface area contributed by atoms with Crippen molar-refractivity contribution in [3.05, 3.63) is 30.3 Å². The number of carbonyl (C=O) groups is 1. The molecule has 0 saturated carbocycles. The predicted molar refractivity (Wildman–Crippen MR) is 84.6 cm³/mol.